The van der Waals surface area contributed by atoms with Crippen molar-refractivity contribution in [2.75, 3.05) is 0 Å². The molecule has 0 radical (unpaired) electrons. The van der Waals surface area contributed by atoms with Crippen molar-refractivity contribution >= 4 is 34.0 Å². The Morgan fingerprint density at radius 2 is 1.67 bits per heavy atom. The highest BCUT2D eigenvalue weighted by atomic mass is 35.5. The van der Waals surface area contributed by atoms with E-state index in [0.717, 1.165) is 10.9 Å². The molecule has 3 heteroatoms. The van der Waals surface area contributed by atoms with Crippen LogP contribution >= 0.6 is 23.2 Å². The fourth-order valence-corrected chi connectivity index (χ4v) is 2.55. The molecule has 1 atom stereocenters. The summed E-state index contributed by atoms with van der Waals surface area (Å²) in [5.74, 6) is 0.665. The third kappa shape index (κ3) is 2.00. The van der Waals surface area contributed by atoms with Gasteiger partial charge in [0.25, 0.3) is 0 Å². The molecule has 1 nitrogen and oxygen atoms in total. The molecule has 0 spiro atoms. The lowest BCUT2D eigenvalue weighted by atomic mass is 10.0. The van der Waals surface area contributed by atoms with E-state index >= 15 is 0 Å². The first-order chi connectivity index (χ1) is 8.75. The summed E-state index contributed by atoms with van der Waals surface area (Å²) in [5.41, 5.74) is 1.03. The lowest BCUT2D eigenvalue weighted by Gasteiger charge is -2.10. The predicted octanol–water partition coefficient (Wildman–Crippen LogP) is 5.41. The molecule has 1 aromatic heterocycles. The van der Waals surface area contributed by atoms with E-state index in [9.17, 15) is 0 Å². The Morgan fingerprint density at radius 3 is 2.44 bits per heavy atom. The van der Waals surface area contributed by atoms with Crippen LogP contribution in [0.2, 0.25) is 5.22 Å². The van der Waals surface area contributed by atoms with Gasteiger partial charge in [-0.15, -0.1) is 11.6 Å². The molecule has 1 heterocycles. The fraction of sp³-hybridized carbons (Fsp3) is 0.0667. The van der Waals surface area contributed by atoms with E-state index < -0.39 is 0 Å². The van der Waals surface area contributed by atoms with Crippen LogP contribution in [0.4, 0.5) is 0 Å². The molecule has 0 aliphatic heterocycles. The van der Waals surface area contributed by atoms with E-state index in [2.05, 4.69) is 18.2 Å². The van der Waals surface area contributed by atoms with Gasteiger partial charge in [0.2, 0.25) is 0 Å². The van der Waals surface area contributed by atoms with Gasteiger partial charge in [0, 0.05) is 0 Å². The second-order valence-corrected chi connectivity index (χ2v) is 4.88. The van der Waals surface area contributed by atoms with Crippen molar-refractivity contribution < 1.29 is 4.42 Å². The molecule has 0 saturated heterocycles. The van der Waals surface area contributed by atoms with Crippen LogP contribution in [0.1, 0.15) is 16.7 Å². The van der Waals surface area contributed by atoms with Gasteiger partial charge in [0.05, 0.1) is 0 Å². The van der Waals surface area contributed by atoms with Crippen LogP contribution in [0.3, 0.4) is 0 Å². The van der Waals surface area contributed by atoms with Crippen LogP contribution < -0.4 is 0 Å². The topological polar surface area (TPSA) is 13.1 Å². The molecule has 0 aliphatic rings. The Hall–Kier alpha value is -1.44. The Balaban J connectivity index is 2.14. The van der Waals surface area contributed by atoms with Gasteiger partial charge in [-0.25, -0.2) is 0 Å². The van der Waals surface area contributed by atoms with Crippen LogP contribution in [-0.4, -0.2) is 0 Å². The zero-order valence-corrected chi connectivity index (χ0v) is 10.9. The van der Waals surface area contributed by atoms with Crippen molar-refractivity contribution in [3.05, 3.63) is 71.1 Å². The van der Waals surface area contributed by atoms with Crippen molar-refractivity contribution in [3.8, 4) is 0 Å². The molecule has 2 aromatic carbocycles. The molecule has 3 rings (SSSR count). The van der Waals surface area contributed by atoms with E-state index in [0.29, 0.717) is 11.0 Å². The van der Waals surface area contributed by atoms with Gasteiger partial charge in [-0.1, -0.05) is 42.5 Å². The summed E-state index contributed by atoms with van der Waals surface area (Å²) >= 11 is 12.3. The fourth-order valence-electron chi connectivity index (χ4n) is 2.09. The number of rotatable bonds is 2. The minimum Gasteiger partial charge on any atom is -0.448 e. The Bertz CT molecular complexity index is 682. The van der Waals surface area contributed by atoms with Gasteiger partial charge in [-0.05, 0) is 40.1 Å². The van der Waals surface area contributed by atoms with Gasteiger partial charge < -0.3 is 4.42 Å². The van der Waals surface area contributed by atoms with Crippen molar-refractivity contribution in [3.63, 3.8) is 0 Å². The summed E-state index contributed by atoms with van der Waals surface area (Å²) in [6, 6.07) is 17.7. The molecule has 0 aliphatic carbocycles. The SMILES string of the molecule is Clc1ccc(C(Cl)c2cccc3ccccc23)o1. The quantitative estimate of drug-likeness (QED) is 0.570. The first-order valence-electron chi connectivity index (χ1n) is 5.62. The molecular formula is C15H10Cl2O. The van der Waals surface area contributed by atoms with Gasteiger partial charge in [-0.2, -0.15) is 0 Å². The standard InChI is InChI=1S/C15H10Cl2O/c16-14-9-8-13(18-14)15(17)12-7-3-5-10-4-1-2-6-11(10)12/h1-9,15H. The number of benzene rings is 2. The van der Waals surface area contributed by atoms with Crippen molar-refractivity contribution in [2.24, 2.45) is 0 Å². The lowest BCUT2D eigenvalue weighted by Crippen LogP contribution is -1.92. The molecule has 90 valence electrons. The van der Waals surface area contributed by atoms with Gasteiger partial charge in [0.1, 0.15) is 11.1 Å². The number of halogens is 2. The first-order valence-corrected chi connectivity index (χ1v) is 6.44. The predicted molar refractivity (Wildman–Crippen MR) is 75.4 cm³/mol. The first kappa shape index (κ1) is 11.6. The highest BCUT2D eigenvalue weighted by Gasteiger charge is 2.16. The average molecular weight is 277 g/mol. The van der Waals surface area contributed by atoms with Crippen molar-refractivity contribution in [1.29, 1.82) is 0 Å². The largest absolute Gasteiger partial charge is 0.448 e. The summed E-state index contributed by atoms with van der Waals surface area (Å²) in [4.78, 5) is 0. The second-order valence-electron chi connectivity index (χ2n) is 4.07. The van der Waals surface area contributed by atoms with Crippen LogP contribution in [0.15, 0.2) is 59.0 Å². The smallest absolute Gasteiger partial charge is 0.193 e. The Morgan fingerprint density at radius 1 is 0.889 bits per heavy atom. The van der Waals surface area contributed by atoms with E-state index in [-0.39, 0.29) is 5.38 Å². The number of furan rings is 1. The number of alkyl halides is 1. The maximum atomic E-state index is 6.47. The highest BCUT2D eigenvalue weighted by Crippen LogP contribution is 2.35. The van der Waals surface area contributed by atoms with Crippen LogP contribution in [-0.2, 0) is 0 Å². The van der Waals surface area contributed by atoms with Gasteiger partial charge >= 0.3 is 0 Å². The zero-order chi connectivity index (χ0) is 12.5. The number of hydrogen-bond donors (Lipinski definition) is 0. The average Bonchev–Trinajstić information content (AvgIpc) is 2.84. The lowest BCUT2D eigenvalue weighted by molar-refractivity contribution is 0.519. The van der Waals surface area contributed by atoms with Gasteiger partial charge in [-0.3, -0.25) is 0 Å². The molecule has 0 N–H and O–H groups in total. The van der Waals surface area contributed by atoms with Crippen molar-refractivity contribution in [2.45, 2.75) is 5.38 Å². The minimum atomic E-state index is -0.330. The summed E-state index contributed by atoms with van der Waals surface area (Å²) < 4.78 is 5.38. The van der Waals surface area contributed by atoms with Crippen LogP contribution in [0.5, 0.6) is 0 Å². The van der Waals surface area contributed by atoms with E-state index in [1.54, 1.807) is 6.07 Å². The zero-order valence-electron chi connectivity index (χ0n) is 9.44. The monoisotopic (exact) mass is 276 g/mol. The van der Waals surface area contributed by atoms with Crippen molar-refractivity contribution in [1.82, 2.24) is 0 Å². The van der Waals surface area contributed by atoms with Gasteiger partial charge in [0.15, 0.2) is 5.22 Å². The maximum Gasteiger partial charge on any atom is 0.193 e. The van der Waals surface area contributed by atoms with Crippen LogP contribution in [0.25, 0.3) is 10.8 Å². The van der Waals surface area contributed by atoms with E-state index in [1.165, 1.54) is 5.39 Å². The number of hydrogen-bond acceptors (Lipinski definition) is 1. The number of fused-ring (bicyclic) bond motifs is 1. The molecule has 3 aromatic rings. The summed E-state index contributed by atoms with van der Waals surface area (Å²) in [6.45, 7) is 0. The summed E-state index contributed by atoms with van der Waals surface area (Å²) in [7, 11) is 0. The van der Waals surface area contributed by atoms with E-state index in [4.69, 9.17) is 27.6 Å². The molecule has 0 saturated carbocycles. The third-order valence-corrected chi connectivity index (χ3v) is 3.59. The third-order valence-electron chi connectivity index (χ3n) is 2.94. The molecule has 18 heavy (non-hydrogen) atoms. The van der Waals surface area contributed by atoms with E-state index in [1.807, 2.05) is 30.3 Å². The molecule has 0 fully saturated rings. The maximum absolute atomic E-state index is 6.47. The molecule has 0 amide bonds. The highest BCUT2D eigenvalue weighted by molar-refractivity contribution is 6.29. The molecular weight excluding hydrogens is 267 g/mol. The summed E-state index contributed by atoms with van der Waals surface area (Å²) in [5, 5.41) is 2.32. The summed E-state index contributed by atoms with van der Waals surface area (Å²) in [6.07, 6.45) is 0. The Labute approximate surface area is 115 Å². The second kappa shape index (κ2) is 4.68. The Kier molecular flexibility index (Phi) is 3.02. The normalized spacial score (nSPS) is 12.8. The van der Waals surface area contributed by atoms with Crippen LogP contribution in [0, 0.1) is 0 Å². The molecule has 0 bridgehead atoms. The molecule has 1 unspecified atom stereocenters. The minimum absolute atomic E-state index is 0.330.